The fourth-order valence-corrected chi connectivity index (χ4v) is 4.51. The monoisotopic (exact) mass is 427 g/mol. The van der Waals surface area contributed by atoms with Crippen LogP contribution in [-0.4, -0.2) is 6.54 Å². The first kappa shape index (κ1) is 24.1. The summed E-state index contributed by atoms with van der Waals surface area (Å²) in [5.74, 6) is 0.272. The number of unbranched alkanes of at least 4 members (excludes halogenated alkanes) is 9. The Bertz CT molecular complexity index is 799. The van der Waals surface area contributed by atoms with Crippen LogP contribution in [0.15, 0.2) is 84.9 Å². The first-order valence-electron chi connectivity index (χ1n) is 12.8. The largest absolute Gasteiger partial charge is 0.385 e. The van der Waals surface area contributed by atoms with Crippen LogP contribution in [0.25, 0.3) is 0 Å². The smallest absolute Gasteiger partial charge is 0.0340 e. The molecule has 0 heterocycles. The summed E-state index contributed by atoms with van der Waals surface area (Å²) in [6.07, 6.45) is 13.8. The molecule has 3 aromatic rings. The second kappa shape index (κ2) is 14.5. The average molecular weight is 428 g/mol. The Balaban J connectivity index is 1.43. The molecule has 0 radical (unpaired) electrons. The van der Waals surface area contributed by atoms with Crippen LogP contribution in [0.3, 0.4) is 0 Å². The van der Waals surface area contributed by atoms with Crippen LogP contribution in [-0.2, 0) is 0 Å². The third-order valence-electron chi connectivity index (χ3n) is 6.37. The van der Waals surface area contributed by atoms with Crippen molar-refractivity contribution in [3.05, 3.63) is 102 Å². The van der Waals surface area contributed by atoms with E-state index in [9.17, 15) is 0 Å². The molecule has 0 bridgehead atoms. The number of nitrogens with one attached hydrogen (secondary N) is 1. The lowest BCUT2D eigenvalue weighted by Gasteiger charge is -2.19. The van der Waals surface area contributed by atoms with Gasteiger partial charge in [0.05, 0.1) is 0 Å². The highest BCUT2D eigenvalue weighted by Gasteiger charge is 2.16. The summed E-state index contributed by atoms with van der Waals surface area (Å²) in [5, 5.41) is 3.62. The van der Waals surface area contributed by atoms with Crippen LogP contribution >= 0.6 is 0 Å². The van der Waals surface area contributed by atoms with Crippen molar-refractivity contribution in [2.75, 3.05) is 11.9 Å². The summed E-state index contributed by atoms with van der Waals surface area (Å²) < 4.78 is 0. The van der Waals surface area contributed by atoms with Gasteiger partial charge in [0.15, 0.2) is 0 Å². The molecular weight excluding hydrogens is 386 g/mol. The molecule has 0 atom stereocenters. The molecular formula is C31H41N. The van der Waals surface area contributed by atoms with E-state index in [4.69, 9.17) is 0 Å². The van der Waals surface area contributed by atoms with Crippen molar-refractivity contribution in [3.8, 4) is 0 Å². The SMILES string of the molecule is CCCCCCCCCCCCNc1ccc(C(c2ccccc2)c2ccccc2)cc1. The van der Waals surface area contributed by atoms with Crippen LogP contribution in [0, 0.1) is 0 Å². The summed E-state index contributed by atoms with van der Waals surface area (Å²) in [4.78, 5) is 0. The van der Waals surface area contributed by atoms with Crippen molar-refractivity contribution >= 4 is 5.69 Å². The highest BCUT2D eigenvalue weighted by atomic mass is 14.9. The van der Waals surface area contributed by atoms with E-state index in [2.05, 4.69) is 97.2 Å². The van der Waals surface area contributed by atoms with Gasteiger partial charge in [0.25, 0.3) is 0 Å². The summed E-state index contributed by atoms with van der Waals surface area (Å²) >= 11 is 0. The van der Waals surface area contributed by atoms with E-state index in [0.29, 0.717) is 0 Å². The van der Waals surface area contributed by atoms with Gasteiger partial charge in [-0.3, -0.25) is 0 Å². The van der Waals surface area contributed by atoms with Crippen LogP contribution in [0.4, 0.5) is 5.69 Å². The third kappa shape index (κ3) is 8.19. The Labute approximate surface area is 196 Å². The Morgan fingerprint density at radius 1 is 0.500 bits per heavy atom. The Morgan fingerprint density at radius 3 is 1.44 bits per heavy atom. The zero-order chi connectivity index (χ0) is 22.3. The zero-order valence-electron chi connectivity index (χ0n) is 19.9. The Hall–Kier alpha value is -2.54. The lowest BCUT2D eigenvalue weighted by atomic mass is 9.85. The molecule has 0 saturated carbocycles. The van der Waals surface area contributed by atoms with Gasteiger partial charge in [-0.15, -0.1) is 0 Å². The van der Waals surface area contributed by atoms with E-state index in [1.165, 1.54) is 86.6 Å². The van der Waals surface area contributed by atoms with Crippen molar-refractivity contribution < 1.29 is 0 Å². The highest BCUT2D eigenvalue weighted by molar-refractivity contribution is 5.49. The molecule has 170 valence electrons. The topological polar surface area (TPSA) is 12.0 Å². The lowest BCUT2D eigenvalue weighted by Crippen LogP contribution is -2.05. The van der Waals surface area contributed by atoms with Crippen molar-refractivity contribution in [2.45, 2.75) is 77.0 Å². The summed E-state index contributed by atoms with van der Waals surface area (Å²) in [6, 6.07) is 30.7. The average Bonchev–Trinajstić information content (AvgIpc) is 2.85. The molecule has 0 saturated heterocycles. The first-order valence-corrected chi connectivity index (χ1v) is 12.8. The molecule has 3 aromatic carbocycles. The molecule has 0 aliphatic carbocycles. The maximum Gasteiger partial charge on any atom is 0.0340 e. The van der Waals surface area contributed by atoms with Gasteiger partial charge < -0.3 is 5.32 Å². The van der Waals surface area contributed by atoms with E-state index >= 15 is 0 Å². The summed E-state index contributed by atoms with van der Waals surface area (Å²) in [7, 11) is 0. The van der Waals surface area contributed by atoms with Gasteiger partial charge in [0.2, 0.25) is 0 Å². The van der Waals surface area contributed by atoms with E-state index in [-0.39, 0.29) is 5.92 Å². The van der Waals surface area contributed by atoms with Gasteiger partial charge in [-0.1, -0.05) is 138 Å². The summed E-state index contributed by atoms with van der Waals surface area (Å²) in [5.41, 5.74) is 5.24. The third-order valence-corrected chi connectivity index (χ3v) is 6.37. The van der Waals surface area contributed by atoms with Gasteiger partial charge in [-0.05, 0) is 35.2 Å². The molecule has 0 amide bonds. The molecule has 0 fully saturated rings. The molecule has 0 aliphatic heterocycles. The molecule has 32 heavy (non-hydrogen) atoms. The fourth-order valence-electron chi connectivity index (χ4n) is 4.51. The zero-order valence-corrected chi connectivity index (χ0v) is 19.9. The molecule has 0 spiro atoms. The summed E-state index contributed by atoms with van der Waals surface area (Å²) in [6.45, 7) is 3.35. The van der Waals surface area contributed by atoms with Gasteiger partial charge in [-0.25, -0.2) is 0 Å². The quantitative estimate of drug-likeness (QED) is 0.188. The second-order valence-electron chi connectivity index (χ2n) is 8.99. The molecule has 0 aliphatic rings. The number of rotatable bonds is 15. The van der Waals surface area contributed by atoms with Crippen molar-refractivity contribution in [1.82, 2.24) is 0 Å². The predicted octanol–water partition coefficient (Wildman–Crippen LogP) is 9.20. The Morgan fingerprint density at radius 2 is 0.938 bits per heavy atom. The minimum absolute atomic E-state index is 0.272. The molecule has 3 rings (SSSR count). The minimum atomic E-state index is 0.272. The van der Waals surface area contributed by atoms with Crippen LogP contribution in [0.1, 0.15) is 93.7 Å². The second-order valence-corrected chi connectivity index (χ2v) is 8.99. The Kier molecular flexibility index (Phi) is 10.9. The number of hydrogen-bond acceptors (Lipinski definition) is 1. The van der Waals surface area contributed by atoms with Crippen LogP contribution in [0.5, 0.6) is 0 Å². The maximum atomic E-state index is 3.62. The van der Waals surface area contributed by atoms with Crippen molar-refractivity contribution in [3.63, 3.8) is 0 Å². The van der Waals surface area contributed by atoms with Crippen LogP contribution < -0.4 is 5.32 Å². The number of hydrogen-bond donors (Lipinski definition) is 1. The van der Waals surface area contributed by atoms with Gasteiger partial charge in [0.1, 0.15) is 0 Å². The molecule has 0 unspecified atom stereocenters. The van der Waals surface area contributed by atoms with E-state index in [1.54, 1.807) is 0 Å². The van der Waals surface area contributed by atoms with Gasteiger partial charge >= 0.3 is 0 Å². The number of anilines is 1. The standard InChI is InChI=1S/C31H41N/c1-2-3-4-5-6-7-8-9-10-17-26-32-30-24-22-29(23-25-30)31(27-18-13-11-14-19-27)28-20-15-12-16-21-28/h11-16,18-25,31-32H,2-10,17,26H2,1H3. The van der Waals surface area contributed by atoms with Crippen molar-refractivity contribution in [1.29, 1.82) is 0 Å². The minimum Gasteiger partial charge on any atom is -0.385 e. The predicted molar refractivity (Wildman–Crippen MR) is 141 cm³/mol. The normalized spacial score (nSPS) is 11.1. The molecule has 0 aromatic heterocycles. The molecule has 1 heteroatoms. The lowest BCUT2D eigenvalue weighted by molar-refractivity contribution is 0.560. The van der Waals surface area contributed by atoms with E-state index in [0.717, 1.165) is 6.54 Å². The first-order chi connectivity index (χ1) is 15.9. The van der Waals surface area contributed by atoms with Gasteiger partial charge in [-0.2, -0.15) is 0 Å². The van der Waals surface area contributed by atoms with E-state index in [1.807, 2.05) is 0 Å². The van der Waals surface area contributed by atoms with Crippen molar-refractivity contribution in [2.24, 2.45) is 0 Å². The van der Waals surface area contributed by atoms with Crippen LogP contribution in [0.2, 0.25) is 0 Å². The molecule has 1 nitrogen and oxygen atoms in total. The number of benzene rings is 3. The fraction of sp³-hybridized carbons (Fsp3) is 0.419. The molecule has 1 N–H and O–H groups in total. The highest BCUT2D eigenvalue weighted by Crippen LogP contribution is 2.32. The van der Waals surface area contributed by atoms with Gasteiger partial charge in [0, 0.05) is 18.2 Å². The maximum absolute atomic E-state index is 3.62. The van der Waals surface area contributed by atoms with E-state index < -0.39 is 0 Å².